The van der Waals surface area contributed by atoms with Gasteiger partial charge in [0.2, 0.25) is 0 Å². The molecule has 3 aromatic rings. The van der Waals surface area contributed by atoms with Crippen LogP contribution in [0.5, 0.6) is 0 Å². The first-order valence-electron chi connectivity index (χ1n) is 7.27. The molecule has 0 aliphatic rings. The van der Waals surface area contributed by atoms with E-state index in [9.17, 15) is 22.8 Å². The predicted molar refractivity (Wildman–Crippen MR) is 86.6 cm³/mol. The van der Waals surface area contributed by atoms with Gasteiger partial charge in [-0.05, 0) is 49.4 Å². The van der Waals surface area contributed by atoms with Crippen LogP contribution in [-0.4, -0.2) is 5.91 Å². The van der Waals surface area contributed by atoms with Crippen LogP contribution in [0.2, 0.25) is 0 Å². The molecular formula is C18H12F3NO3. The number of aryl methyl sites for hydroxylation is 1. The Morgan fingerprint density at radius 1 is 1.04 bits per heavy atom. The van der Waals surface area contributed by atoms with E-state index < -0.39 is 23.3 Å². The maximum Gasteiger partial charge on any atom is 0.416 e. The molecule has 1 N–H and O–H groups in total. The van der Waals surface area contributed by atoms with Gasteiger partial charge in [0.25, 0.3) is 5.91 Å². The van der Waals surface area contributed by atoms with Gasteiger partial charge in [0.15, 0.2) is 0 Å². The van der Waals surface area contributed by atoms with Crippen molar-refractivity contribution < 1.29 is 22.4 Å². The summed E-state index contributed by atoms with van der Waals surface area (Å²) in [6.07, 6.45) is -4.46. The number of rotatable bonds is 2. The number of halogens is 3. The molecule has 2 aromatic carbocycles. The van der Waals surface area contributed by atoms with Crippen molar-refractivity contribution in [1.82, 2.24) is 0 Å². The highest BCUT2D eigenvalue weighted by Crippen LogP contribution is 2.29. The van der Waals surface area contributed by atoms with Crippen LogP contribution in [-0.2, 0) is 6.18 Å². The monoisotopic (exact) mass is 347 g/mol. The molecule has 0 bridgehead atoms. The molecule has 0 saturated heterocycles. The van der Waals surface area contributed by atoms with E-state index in [1.54, 1.807) is 18.2 Å². The normalized spacial score (nSPS) is 11.5. The highest BCUT2D eigenvalue weighted by Gasteiger charge is 2.30. The van der Waals surface area contributed by atoms with Gasteiger partial charge in [-0.1, -0.05) is 11.6 Å². The van der Waals surface area contributed by atoms with Crippen molar-refractivity contribution in [1.29, 1.82) is 0 Å². The second kappa shape index (κ2) is 6.08. The predicted octanol–water partition coefficient (Wildman–Crippen LogP) is 4.37. The summed E-state index contributed by atoms with van der Waals surface area (Å²) in [5.41, 5.74) is -0.455. The van der Waals surface area contributed by atoms with E-state index in [4.69, 9.17) is 4.42 Å². The summed E-state index contributed by atoms with van der Waals surface area (Å²) in [4.78, 5) is 24.2. The molecule has 4 nitrogen and oxygen atoms in total. The molecule has 0 saturated carbocycles. The van der Waals surface area contributed by atoms with Crippen molar-refractivity contribution in [3.05, 3.63) is 75.6 Å². The third kappa shape index (κ3) is 3.55. The number of hydrogen-bond donors (Lipinski definition) is 1. The minimum absolute atomic E-state index is 0.140. The molecule has 3 rings (SSSR count). The number of alkyl halides is 3. The number of carbonyl (C=O) groups is 1. The molecule has 1 aromatic heterocycles. The van der Waals surface area contributed by atoms with Crippen molar-refractivity contribution in [2.75, 3.05) is 5.32 Å². The number of nitrogens with one attached hydrogen (secondary N) is 1. The van der Waals surface area contributed by atoms with E-state index in [1.807, 2.05) is 6.92 Å². The minimum Gasteiger partial charge on any atom is -0.422 e. The zero-order valence-corrected chi connectivity index (χ0v) is 13.0. The summed E-state index contributed by atoms with van der Waals surface area (Å²) in [6.45, 7) is 1.85. The van der Waals surface area contributed by atoms with Gasteiger partial charge >= 0.3 is 11.8 Å². The fourth-order valence-electron chi connectivity index (χ4n) is 2.34. The Morgan fingerprint density at radius 3 is 2.36 bits per heavy atom. The van der Waals surface area contributed by atoms with Gasteiger partial charge in [0.1, 0.15) is 11.1 Å². The molecule has 128 valence electrons. The smallest absolute Gasteiger partial charge is 0.416 e. The number of benzene rings is 2. The number of fused-ring (bicyclic) bond motifs is 1. The maximum atomic E-state index is 12.5. The first-order valence-corrected chi connectivity index (χ1v) is 7.27. The summed E-state index contributed by atoms with van der Waals surface area (Å²) in [7, 11) is 0. The fourth-order valence-corrected chi connectivity index (χ4v) is 2.34. The van der Waals surface area contributed by atoms with Crippen LogP contribution in [0.1, 0.15) is 21.5 Å². The van der Waals surface area contributed by atoms with E-state index in [2.05, 4.69) is 5.32 Å². The summed E-state index contributed by atoms with van der Waals surface area (Å²) in [5.74, 6) is -0.753. The van der Waals surface area contributed by atoms with Gasteiger partial charge in [-0.25, -0.2) is 4.79 Å². The van der Waals surface area contributed by atoms with E-state index in [0.29, 0.717) is 11.0 Å². The average Bonchev–Trinajstić information content (AvgIpc) is 2.54. The molecule has 0 radical (unpaired) electrons. The van der Waals surface area contributed by atoms with Crippen molar-refractivity contribution in [2.45, 2.75) is 13.1 Å². The van der Waals surface area contributed by atoms with Crippen LogP contribution in [0.3, 0.4) is 0 Å². The number of hydrogen-bond acceptors (Lipinski definition) is 3. The maximum absolute atomic E-state index is 12.5. The molecule has 0 unspecified atom stereocenters. The minimum atomic E-state index is -4.46. The van der Waals surface area contributed by atoms with E-state index in [-0.39, 0.29) is 11.3 Å². The van der Waals surface area contributed by atoms with Crippen LogP contribution in [0, 0.1) is 6.92 Å². The lowest BCUT2D eigenvalue weighted by atomic mass is 10.1. The first kappa shape index (κ1) is 16.8. The van der Waals surface area contributed by atoms with E-state index in [1.165, 1.54) is 6.07 Å². The zero-order valence-electron chi connectivity index (χ0n) is 13.0. The van der Waals surface area contributed by atoms with Crippen LogP contribution >= 0.6 is 0 Å². The molecule has 0 fully saturated rings. The SMILES string of the molecule is Cc1ccc2oc(=O)c(C(=O)Nc3ccc(C(F)(F)F)cc3)cc2c1. The van der Waals surface area contributed by atoms with Crippen molar-refractivity contribution in [3.8, 4) is 0 Å². The second-order valence-electron chi connectivity index (χ2n) is 5.52. The molecule has 1 heterocycles. The summed E-state index contributed by atoms with van der Waals surface area (Å²) in [5, 5.41) is 2.97. The third-order valence-corrected chi connectivity index (χ3v) is 3.60. The highest BCUT2D eigenvalue weighted by atomic mass is 19.4. The lowest BCUT2D eigenvalue weighted by Crippen LogP contribution is -2.20. The molecule has 1 amide bonds. The van der Waals surface area contributed by atoms with E-state index in [0.717, 1.165) is 29.8 Å². The average molecular weight is 347 g/mol. The van der Waals surface area contributed by atoms with E-state index >= 15 is 0 Å². The molecule has 7 heteroatoms. The van der Waals surface area contributed by atoms with Crippen LogP contribution in [0.15, 0.2) is 57.7 Å². The van der Waals surface area contributed by atoms with Crippen molar-refractivity contribution in [3.63, 3.8) is 0 Å². The first-order chi connectivity index (χ1) is 11.7. The molecular weight excluding hydrogens is 335 g/mol. The molecule has 0 atom stereocenters. The standard InChI is InChI=1S/C18H12F3NO3/c1-10-2-7-15-11(8-10)9-14(17(24)25-15)16(23)22-13-5-3-12(4-6-13)18(19,20)21/h2-9H,1H3,(H,22,23). The largest absolute Gasteiger partial charge is 0.422 e. The summed E-state index contributed by atoms with van der Waals surface area (Å²) < 4.78 is 42.7. The summed E-state index contributed by atoms with van der Waals surface area (Å²) in [6, 6.07) is 10.5. The van der Waals surface area contributed by atoms with Gasteiger partial charge in [0.05, 0.1) is 5.56 Å². The fraction of sp³-hybridized carbons (Fsp3) is 0.111. The lowest BCUT2D eigenvalue weighted by Gasteiger charge is -2.09. The Bertz CT molecular complexity index is 1000. The Kier molecular flexibility index (Phi) is 4.08. The highest BCUT2D eigenvalue weighted by molar-refractivity contribution is 6.05. The van der Waals surface area contributed by atoms with Gasteiger partial charge in [-0.2, -0.15) is 13.2 Å². The molecule has 0 aliphatic heterocycles. The Hall–Kier alpha value is -3.09. The van der Waals surface area contributed by atoms with Gasteiger partial charge < -0.3 is 9.73 Å². The number of carbonyl (C=O) groups excluding carboxylic acids is 1. The van der Waals surface area contributed by atoms with Gasteiger partial charge in [-0.15, -0.1) is 0 Å². The third-order valence-electron chi connectivity index (χ3n) is 3.60. The number of amides is 1. The Morgan fingerprint density at radius 2 is 1.72 bits per heavy atom. The van der Waals surface area contributed by atoms with Crippen molar-refractivity contribution in [2.24, 2.45) is 0 Å². The van der Waals surface area contributed by atoms with Crippen molar-refractivity contribution >= 4 is 22.6 Å². The Labute approximate surface area is 139 Å². The topological polar surface area (TPSA) is 59.3 Å². The second-order valence-corrected chi connectivity index (χ2v) is 5.52. The lowest BCUT2D eigenvalue weighted by molar-refractivity contribution is -0.137. The summed E-state index contributed by atoms with van der Waals surface area (Å²) >= 11 is 0. The molecule has 0 spiro atoms. The molecule has 25 heavy (non-hydrogen) atoms. The van der Waals surface area contributed by atoms with Gasteiger partial charge in [0, 0.05) is 11.1 Å². The Balaban J connectivity index is 1.89. The van der Waals surface area contributed by atoms with Crippen LogP contribution in [0.4, 0.5) is 18.9 Å². The zero-order chi connectivity index (χ0) is 18.2. The van der Waals surface area contributed by atoms with Crippen LogP contribution in [0.25, 0.3) is 11.0 Å². The quantitative estimate of drug-likeness (QED) is 0.700. The number of anilines is 1. The molecule has 0 aliphatic carbocycles. The van der Waals surface area contributed by atoms with Gasteiger partial charge in [-0.3, -0.25) is 4.79 Å². The van der Waals surface area contributed by atoms with Crippen LogP contribution < -0.4 is 10.9 Å².